The summed E-state index contributed by atoms with van der Waals surface area (Å²) in [5, 5.41) is 26.0. The van der Waals surface area contributed by atoms with Crippen molar-refractivity contribution in [3.63, 3.8) is 0 Å². The van der Waals surface area contributed by atoms with Crippen LogP contribution in [-0.2, 0) is 22.4 Å². The predicted molar refractivity (Wildman–Crippen MR) is 134 cm³/mol. The van der Waals surface area contributed by atoms with Gasteiger partial charge in [0.15, 0.2) is 0 Å². The second-order valence-electron chi connectivity index (χ2n) is 8.87. The molecule has 1 aliphatic heterocycles. The van der Waals surface area contributed by atoms with Gasteiger partial charge in [0.2, 0.25) is 21.3 Å². The molecule has 0 radical (unpaired) electrons. The molecule has 5 rings (SSSR count). The number of ketones is 1. The number of anilines is 3. The molecule has 0 spiro atoms. The summed E-state index contributed by atoms with van der Waals surface area (Å²) in [7, 11) is 0. The molecule has 2 aromatic heterocycles. The maximum absolute atomic E-state index is 12.2. The third-order valence-electron chi connectivity index (χ3n) is 5.99. The first-order chi connectivity index (χ1) is 16.6. The molecular weight excluding hydrogens is 470 g/mol. The summed E-state index contributed by atoms with van der Waals surface area (Å²) < 4.78 is 0. The summed E-state index contributed by atoms with van der Waals surface area (Å²) >= 11 is 2.88. The van der Waals surface area contributed by atoms with Crippen molar-refractivity contribution in [1.82, 2.24) is 20.4 Å². The zero-order chi connectivity index (χ0) is 23.3. The molecule has 1 aliphatic carbocycles. The highest BCUT2D eigenvalue weighted by Gasteiger charge is 2.26. The third-order valence-corrected chi connectivity index (χ3v) is 7.74. The lowest BCUT2D eigenvalue weighted by Crippen LogP contribution is -2.39. The Morgan fingerprint density at radius 2 is 1.68 bits per heavy atom. The summed E-state index contributed by atoms with van der Waals surface area (Å²) in [6.45, 7) is 1.73. The van der Waals surface area contributed by atoms with Crippen molar-refractivity contribution in [3.8, 4) is 0 Å². The number of carbonyl (C=O) groups is 2. The zero-order valence-electron chi connectivity index (χ0n) is 18.8. The van der Waals surface area contributed by atoms with Gasteiger partial charge in [-0.1, -0.05) is 53.0 Å². The fraction of sp³-hybridized carbons (Fsp3) is 0.478. The second kappa shape index (κ2) is 10.6. The normalized spacial score (nSPS) is 16.4. The molecule has 11 heteroatoms. The van der Waals surface area contributed by atoms with Crippen LogP contribution in [0.2, 0.25) is 0 Å². The molecule has 0 bridgehead atoms. The summed E-state index contributed by atoms with van der Waals surface area (Å²) in [6.07, 6.45) is 5.66. The van der Waals surface area contributed by atoms with Crippen LogP contribution in [0.5, 0.6) is 0 Å². The minimum Gasteiger partial charge on any atom is -0.357 e. The van der Waals surface area contributed by atoms with Crippen molar-refractivity contribution in [2.45, 2.75) is 51.0 Å². The van der Waals surface area contributed by atoms with E-state index in [0.29, 0.717) is 35.4 Å². The van der Waals surface area contributed by atoms with E-state index in [-0.39, 0.29) is 17.7 Å². The van der Waals surface area contributed by atoms with Gasteiger partial charge in [-0.05, 0) is 37.2 Å². The molecule has 2 aliphatic rings. The van der Waals surface area contributed by atoms with Crippen LogP contribution in [0, 0.1) is 5.92 Å². The van der Waals surface area contributed by atoms with Crippen LogP contribution in [0.1, 0.15) is 42.7 Å². The average molecular weight is 498 g/mol. The Morgan fingerprint density at radius 1 is 0.912 bits per heavy atom. The van der Waals surface area contributed by atoms with E-state index >= 15 is 0 Å². The number of nitrogens with one attached hydrogen (secondary N) is 2. The molecule has 0 atom stereocenters. The van der Waals surface area contributed by atoms with Gasteiger partial charge in [-0.3, -0.25) is 9.59 Å². The van der Waals surface area contributed by atoms with Crippen molar-refractivity contribution in [3.05, 3.63) is 40.9 Å². The number of rotatable bonds is 10. The van der Waals surface area contributed by atoms with Crippen LogP contribution >= 0.6 is 22.7 Å². The van der Waals surface area contributed by atoms with Crippen LogP contribution in [0.15, 0.2) is 30.3 Å². The Morgan fingerprint density at radius 3 is 2.44 bits per heavy atom. The molecule has 9 nitrogen and oxygen atoms in total. The predicted octanol–water partition coefficient (Wildman–Crippen LogP) is 3.56. The van der Waals surface area contributed by atoms with Crippen LogP contribution in [0.3, 0.4) is 0 Å². The highest BCUT2D eigenvalue weighted by atomic mass is 32.1. The lowest BCUT2D eigenvalue weighted by molar-refractivity contribution is -0.119. The number of benzene rings is 1. The molecule has 178 valence electrons. The van der Waals surface area contributed by atoms with Gasteiger partial charge in [-0.25, -0.2) is 0 Å². The molecule has 1 aromatic carbocycles. The number of piperidine rings is 1. The number of carbonyl (C=O) groups excluding carboxylic acids is 2. The van der Waals surface area contributed by atoms with Gasteiger partial charge in [0.1, 0.15) is 10.8 Å². The number of hydrogen-bond donors (Lipinski definition) is 2. The maximum atomic E-state index is 12.2. The number of Topliss-reactive ketones (excluding diaryl/α,β-unsaturated/α-hetero) is 1. The van der Waals surface area contributed by atoms with E-state index in [2.05, 4.69) is 35.9 Å². The highest BCUT2D eigenvalue weighted by molar-refractivity contribution is 7.19. The van der Waals surface area contributed by atoms with Gasteiger partial charge < -0.3 is 15.5 Å². The average Bonchev–Trinajstić information content (AvgIpc) is 3.33. The van der Waals surface area contributed by atoms with Gasteiger partial charge >= 0.3 is 0 Å². The molecule has 2 fully saturated rings. The third kappa shape index (κ3) is 6.35. The number of hydrogen-bond acceptors (Lipinski definition) is 10. The standard InChI is InChI=1S/C23H27N7O2S2/c31-18(12-16-6-7-16)14-20-26-29-23(33-20)30-10-8-17(9-11-30)24-21-27-28-22(34-21)25-19(32)13-15-4-2-1-3-5-15/h1-5,16-17H,6-14H2,(H,24,27)(H,25,28,32). The summed E-state index contributed by atoms with van der Waals surface area (Å²) in [4.78, 5) is 26.6. The van der Waals surface area contributed by atoms with E-state index < -0.39 is 0 Å². The van der Waals surface area contributed by atoms with Crippen molar-refractivity contribution < 1.29 is 9.59 Å². The van der Waals surface area contributed by atoms with E-state index in [0.717, 1.165) is 41.6 Å². The fourth-order valence-corrected chi connectivity index (χ4v) is 5.65. The molecule has 34 heavy (non-hydrogen) atoms. The van der Waals surface area contributed by atoms with E-state index in [9.17, 15) is 9.59 Å². The van der Waals surface area contributed by atoms with Crippen molar-refractivity contribution in [2.75, 3.05) is 28.6 Å². The lowest BCUT2D eigenvalue weighted by atomic mass is 10.1. The highest BCUT2D eigenvalue weighted by Crippen LogP contribution is 2.33. The Kier molecular flexibility index (Phi) is 7.10. The van der Waals surface area contributed by atoms with Gasteiger partial charge in [-0.15, -0.1) is 20.4 Å². The smallest absolute Gasteiger partial charge is 0.230 e. The molecule has 3 aromatic rings. The van der Waals surface area contributed by atoms with Crippen LogP contribution in [0.4, 0.5) is 15.4 Å². The van der Waals surface area contributed by atoms with Crippen LogP contribution in [-0.4, -0.2) is 51.2 Å². The van der Waals surface area contributed by atoms with Crippen LogP contribution < -0.4 is 15.5 Å². The Hall–Kier alpha value is -2.92. The zero-order valence-corrected chi connectivity index (χ0v) is 20.4. The fourth-order valence-electron chi connectivity index (χ4n) is 4.00. The minimum atomic E-state index is -0.104. The van der Waals surface area contributed by atoms with E-state index in [4.69, 9.17) is 0 Å². The molecule has 0 unspecified atom stereocenters. The minimum absolute atomic E-state index is 0.104. The van der Waals surface area contributed by atoms with E-state index in [1.54, 1.807) is 0 Å². The van der Waals surface area contributed by atoms with Crippen molar-refractivity contribution in [1.29, 1.82) is 0 Å². The monoisotopic (exact) mass is 497 g/mol. The molecule has 1 saturated heterocycles. The first-order valence-corrected chi connectivity index (χ1v) is 13.3. The quantitative estimate of drug-likeness (QED) is 0.437. The Balaban J connectivity index is 1.06. The lowest BCUT2D eigenvalue weighted by Gasteiger charge is -2.31. The molecule has 1 saturated carbocycles. The maximum Gasteiger partial charge on any atom is 0.230 e. The second-order valence-corrected chi connectivity index (χ2v) is 10.9. The number of aromatic nitrogens is 4. The first kappa shape index (κ1) is 22.9. The summed E-state index contributed by atoms with van der Waals surface area (Å²) in [5.41, 5.74) is 0.960. The first-order valence-electron chi connectivity index (χ1n) is 11.6. The Bertz CT molecular complexity index is 1120. The van der Waals surface area contributed by atoms with Gasteiger partial charge in [-0.2, -0.15) is 0 Å². The largest absolute Gasteiger partial charge is 0.357 e. The molecular formula is C23H27N7O2S2. The molecule has 1 amide bonds. The topological polar surface area (TPSA) is 113 Å². The van der Waals surface area contributed by atoms with Gasteiger partial charge in [0.25, 0.3) is 0 Å². The molecule has 3 heterocycles. The van der Waals surface area contributed by atoms with Crippen molar-refractivity contribution >= 4 is 49.8 Å². The van der Waals surface area contributed by atoms with Gasteiger partial charge in [0.05, 0.1) is 12.8 Å². The number of nitrogens with zero attached hydrogens (tertiary/aromatic N) is 5. The molecule has 2 N–H and O–H groups in total. The SMILES string of the molecule is O=C(Cc1nnc(N2CCC(Nc3nnc(NC(=O)Cc4ccccc4)s3)CC2)s1)CC1CC1. The summed E-state index contributed by atoms with van der Waals surface area (Å²) in [5.74, 6) is 0.787. The number of amides is 1. The van der Waals surface area contributed by atoms with Crippen LogP contribution in [0.25, 0.3) is 0 Å². The van der Waals surface area contributed by atoms with E-state index in [1.165, 1.54) is 35.5 Å². The van der Waals surface area contributed by atoms with E-state index in [1.807, 2.05) is 30.3 Å². The Labute approximate surface area is 206 Å². The summed E-state index contributed by atoms with van der Waals surface area (Å²) in [6, 6.07) is 9.90. The van der Waals surface area contributed by atoms with Crippen molar-refractivity contribution in [2.24, 2.45) is 5.92 Å². The van der Waals surface area contributed by atoms with Gasteiger partial charge in [0, 0.05) is 25.6 Å².